The van der Waals surface area contributed by atoms with Crippen LogP contribution < -0.4 is 11.1 Å². The van der Waals surface area contributed by atoms with Crippen molar-refractivity contribution in [2.45, 2.75) is 45.1 Å². The van der Waals surface area contributed by atoms with Crippen LogP contribution in [0.1, 0.15) is 39.0 Å². The van der Waals surface area contributed by atoms with Crippen LogP contribution in [0.2, 0.25) is 0 Å². The molecule has 1 heterocycles. The Balaban J connectivity index is 2.29. The van der Waals surface area contributed by atoms with Gasteiger partial charge in [-0.05, 0) is 38.3 Å². The highest BCUT2D eigenvalue weighted by molar-refractivity contribution is 5.75. The lowest BCUT2D eigenvalue weighted by molar-refractivity contribution is -0.120. The molecular formula is C13H27N3O. The fourth-order valence-corrected chi connectivity index (χ4v) is 2.66. The molecule has 2 unspecified atom stereocenters. The summed E-state index contributed by atoms with van der Waals surface area (Å²) in [5.74, 6) is 0.983. The Morgan fingerprint density at radius 1 is 1.53 bits per heavy atom. The van der Waals surface area contributed by atoms with E-state index in [1.54, 1.807) is 7.05 Å². The summed E-state index contributed by atoms with van der Waals surface area (Å²) in [5, 5.41) is 2.66. The molecule has 100 valence electrons. The van der Waals surface area contributed by atoms with Crippen LogP contribution in [0, 0.1) is 5.92 Å². The number of nitrogens with zero attached hydrogens (tertiary/aromatic N) is 1. The topological polar surface area (TPSA) is 58.4 Å². The van der Waals surface area contributed by atoms with Crippen molar-refractivity contribution in [1.82, 2.24) is 10.2 Å². The van der Waals surface area contributed by atoms with Crippen LogP contribution in [0.15, 0.2) is 0 Å². The van der Waals surface area contributed by atoms with Gasteiger partial charge in [0.15, 0.2) is 0 Å². The predicted molar refractivity (Wildman–Crippen MR) is 70.7 cm³/mol. The smallest absolute Gasteiger partial charge is 0.219 e. The lowest BCUT2D eigenvalue weighted by Gasteiger charge is -2.38. The molecule has 17 heavy (non-hydrogen) atoms. The van der Waals surface area contributed by atoms with E-state index in [1.165, 1.54) is 19.3 Å². The van der Waals surface area contributed by atoms with Gasteiger partial charge in [0.2, 0.25) is 5.91 Å². The van der Waals surface area contributed by atoms with Crippen molar-refractivity contribution in [1.29, 1.82) is 0 Å². The van der Waals surface area contributed by atoms with Crippen LogP contribution in [-0.4, -0.2) is 43.5 Å². The highest BCUT2D eigenvalue weighted by atomic mass is 16.1. The van der Waals surface area contributed by atoms with Crippen molar-refractivity contribution in [2.75, 3.05) is 26.7 Å². The van der Waals surface area contributed by atoms with E-state index in [4.69, 9.17) is 5.73 Å². The minimum absolute atomic E-state index is 0.137. The third kappa shape index (κ3) is 4.64. The van der Waals surface area contributed by atoms with Gasteiger partial charge in [0.05, 0.1) is 0 Å². The summed E-state index contributed by atoms with van der Waals surface area (Å²) in [5.41, 5.74) is 5.85. The maximum Gasteiger partial charge on any atom is 0.219 e. The number of nitrogens with one attached hydrogen (secondary N) is 1. The van der Waals surface area contributed by atoms with Crippen molar-refractivity contribution in [3.63, 3.8) is 0 Å². The molecule has 1 aliphatic rings. The van der Waals surface area contributed by atoms with Crippen molar-refractivity contribution in [3.8, 4) is 0 Å². The molecule has 1 amide bonds. The number of hydrogen-bond acceptors (Lipinski definition) is 3. The minimum atomic E-state index is 0.137. The molecule has 1 aliphatic heterocycles. The van der Waals surface area contributed by atoms with Gasteiger partial charge >= 0.3 is 0 Å². The number of likely N-dealkylation sites (tertiary alicyclic amines) is 1. The second kappa shape index (κ2) is 7.67. The number of carbonyl (C=O) groups is 1. The first-order chi connectivity index (χ1) is 8.21. The SMILES string of the molecule is CCC1CCN(CCCC(=O)NC)C(CN)C1. The zero-order chi connectivity index (χ0) is 12.7. The Kier molecular flexibility index (Phi) is 6.52. The Bertz CT molecular complexity index is 233. The van der Waals surface area contributed by atoms with Crippen molar-refractivity contribution in [2.24, 2.45) is 11.7 Å². The van der Waals surface area contributed by atoms with E-state index in [1.807, 2.05) is 0 Å². The number of amides is 1. The fourth-order valence-electron chi connectivity index (χ4n) is 2.66. The first-order valence-corrected chi connectivity index (χ1v) is 6.85. The molecule has 4 heteroatoms. The molecule has 0 aliphatic carbocycles. The van der Waals surface area contributed by atoms with Crippen LogP contribution in [0.25, 0.3) is 0 Å². The van der Waals surface area contributed by atoms with Crippen molar-refractivity contribution in [3.05, 3.63) is 0 Å². The van der Waals surface area contributed by atoms with Gasteiger partial charge in [-0.15, -0.1) is 0 Å². The molecule has 0 aromatic carbocycles. The number of piperidine rings is 1. The number of nitrogens with two attached hydrogens (primary N) is 1. The average Bonchev–Trinajstić information content (AvgIpc) is 2.38. The van der Waals surface area contributed by atoms with Gasteiger partial charge in [0.1, 0.15) is 0 Å². The second-order valence-corrected chi connectivity index (χ2v) is 5.00. The zero-order valence-corrected chi connectivity index (χ0v) is 11.2. The third-order valence-corrected chi connectivity index (χ3v) is 3.92. The van der Waals surface area contributed by atoms with E-state index < -0.39 is 0 Å². The summed E-state index contributed by atoms with van der Waals surface area (Å²) in [6, 6.07) is 0.526. The maximum absolute atomic E-state index is 11.1. The average molecular weight is 241 g/mol. The molecule has 0 bridgehead atoms. The molecule has 0 radical (unpaired) electrons. The maximum atomic E-state index is 11.1. The molecular weight excluding hydrogens is 214 g/mol. The van der Waals surface area contributed by atoms with Gasteiger partial charge in [-0.3, -0.25) is 9.69 Å². The minimum Gasteiger partial charge on any atom is -0.359 e. The van der Waals surface area contributed by atoms with Crippen molar-refractivity contribution >= 4 is 5.91 Å². The number of rotatable bonds is 6. The van der Waals surface area contributed by atoms with Gasteiger partial charge in [-0.25, -0.2) is 0 Å². The van der Waals surface area contributed by atoms with Crippen LogP contribution in [0.5, 0.6) is 0 Å². The summed E-state index contributed by atoms with van der Waals surface area (Å²) in [6.07, 6.45) is 5.34. The van der Waals surface area contributed by atoms with Crippen molar-refractivity contribution < 1.29 is 4.79 Å². The van der Waals surface area contributed by atoms with Crippen LogP contribution in [-0.2, 0) is 4.79 Å². The van der Waals surface area contributed by atoms with E-state index >= 15 is 0 Å². The van der Waals surface area contributed by atoms with Gasteiger partial charge in [-0.1, -0.05) is 13.3 Å². The van der Waals surface area contributed by atoms with Gasteiger partial charge in [-0.2, -0.15) is 0 Å². The van der Waals surface area contributed by atoms with Crippen LogP contribution in [0.3, 0.4) is 0 Å². The lowest BCUT2D eigenvalue weighted by atomic mass is 9.89. The van der Waals surface area contributed by atoms with E-state index in [0.29, 0.717) is 12.5 Å². The molecule has 4 nitrogen and oxygen atoms in total. The monoisotopic (exact) mass is 241 g/mol. The molecule has 2 atom stereocenters. The van der Waals surface area contributed by atoms with E-state index in [9.17, 15) is 4.79 Å². The summed E-state index contributed by atoms with van der Waals surface area (Å²) >= 11 is 0. The highest BCUT2D eigenvalue weighted by Crippen LogP contribution is 2.24. The fraction of sp³-hybridized carbons (Fsp3) is 0.923. The Morgan fingerprint density at radius 3 is 2.88 bits per heavy atom. The first kappa shape index (κ1) is 14.5. The molecule has 0 spiro atoms. The van der Waals surface area contributed by atoms with Crippen LogP contribution in [0.4, 0.5) is 0 Å². The normalized spacial score (nSPS) is 25.8. The molecule has 0 aromatic rings. The summed E-state index contributed by atoms with van der Waals surface area (Å²) < 4.78 is 0. The lowest BCUT2D eigenvalue weighted by Crippen LogP contribution is -2.47. The standard InChI is InChI=1S/C13H27N3O/c1-3-11-6-8-16(12(9-11)10-14)7-4-5-13(17)15-2/h11-12H,3-10,14H2,1-2H3,(H,15,17). The van der Waals surface area contributed by atoms with E-state index in [0.717, 1.165) is 32.0 Å². The second-order valence-electron chi connectivity index (χ2n) is 5.00. The Labute approximate surface area is 105 Å². The summed E-state index contributed by atoms with van der Waals surface area (Å²) in [6.45, 7) is 5.16. The quantitative estimate of drug-likeness (QED) is 0.728. The molecule has 3 N–H and O–H groups in total. The van der Waals surface area contributed by atoms with Gasteiger partial charge in [0, 0.05) is 26.1 Å². The third-order valence-electron chi connectivity index (χ3n) is 3.92. The summed E-state index contributed by atoms with van der Waals surface area (Å²) in [4.78, 5) is 13.6. The van der Waals surface area contributed by atoms with Gasteiger partial charge < -0.3 is 11.1 Å². The molecule has 1 rings (SSSR count). The Morgan fingerprint density at radius 2 is 2.29 bits per heavy atom. The predicted octanol–water partition coefficient (Wildman–Crippen LogP) is 0.962. The highest BCUT2D eigenvalue weighted by Gasteiger charge is 2.26. The number of hydrogen-bond donors (Lipinski definition) is 2. The molecule has 0 aromatic heterocycles. The van der Waals surface area contributed by atoms with E-state index in [-0.39, 0.29) is 5.91 Å². The first-order valence-electron chi connectivity index (χ1n) is 6.85. The molecule has 1 fully saturated rings. The largest absolute Gasteiger partial charge is 0.359 e. The Hall–Kier alpha value is -0.610. The van der Waals surface area contributed by atoms with E-state index in [2.05, 4.69) is 17.1 Å². The van der Waals surface area contributed by atoms with Crippen LogP contribution >= 0.6 is 0 Å². The number of carbonyl (C=O) groups excluding carboxylic acids is 1. The molecule has 1 saturated heterocycles. The molecule has 0 saturated carbocycles. The summed E-state index contributed by atoms with van der Waals surface area (Å²) in [7, 11) is 1.69. The zero-order valence-electron chi connectivity index (χ0n) is 11.2. The van der Waals surface area contributed by atoms with Gasteiger partial charge in [0.25, 0.3) is 0 Å².